The van der Waals surface area contributed by atoms with Gasteiger partial charge in [-0.1, -0.05) is 12.1 Å². The molecule has 0 radical (unpaired) electrons. The molecule has 0 spiro atoms. The lowest BCUT2D eigenvalue weighted by Crippen LogP contribution is -2.02. The molecule has 0 aromatic carbocycles. The van der Waals surface area contributed by atoms with Crippen LogP contribution in [0.15, 0.2) is 155 Å². The molecule has 73 heavy (non-hydrogen) atoms. The molecule has 0 atom stereocenters. The Bertz CT molecular complexity index is 2070. The van der Waals surface area contributed by atoms with Gasteiger partial charge in [0, 0.05) is 141 Å². The van der Waals surface area contributed by atoms with E-state index in [-0.39, 0.29) is 0 Å². The number of nitrogens with two attached hydrogens (primary N) is 2. The van der Waals surface area contributed by atoms with Crippen molar-refractivity contribution in [3.05, 3.63) is 185 Å². The normalized spacial score (nSPS) is 9.44. The molecule has 0 saturated heterocycles. The average Bonchev–Trinajstić information content (AvgIpc) is 3.75. The highest BCUT2D eigenvalue weighted by atomic mass is 32.1. The SMILES string of the molecule is C=NOC.C=NOCC.CCOCN.COCN.Cc1ccccn1.Cc1ccnn1C.Cc1cnccn1.Cc1cncnc1.Cc1cscn1.Cc1cscn1.c1ccc(C2CC2)nc1.c1cncnc1. The number of aromatic nitrogens is 12. The number of pyridine rings is 2. The fourth-order valence-electron chi connectivity index (χ4n) is 3.64. The van der Waals surface area contributed by atoms with Crippen molar-refractivity contribution in [1.82, 2.24) is 59.6 Å². The van der Waals surface area contributed by atoms with Gasteiger partial charge in [0.15, 0.2) is 0 Å². The Morgan fingerprint density at radius 3 is 1.34 bits per heavy atom. The minimum atomic E-state index is 0.319. The van der Waals surface area contributed by atoms with Crippen LogP contribution >= 0.6 is 22.7 Å². The van der Waals surface area contributed by atoms with E-state index >= 15 is 0 Å². The molecule has 0 unspecified atom stereocenters. The standard InChI is InChI=1S/C8H9N.C6H7N.C5H6N2.C5H8N2.C5H6N2.C4H4N2.2C4H5NS.C3H7NO.C3H9NO.C2H7NO.C2H5NO/c1-2-6-9-8(3-1)7-4-5-7;1-6-4-2-3-5-7-6;1-5-2-6-4-7-3-5;1-5-3-4-6-7(5)2;1-5-4-6-2-3-7-5;1-2-5-4-6-3-1;2*1-4-2-6-3-5-4;1-3-5-4-2;1-2-5-3-4;1-4-2-3;1-3-4-2/h1-3,6-7H,4-5H2;2-5H,1H3;2-4H,1H3;3-4H,1-2H3;2-4H,1H3;1-4H;2*2-3H,1H3;2-3H2,1H3;2-4H2,1H3;2-3H2,1H3;1H2,2H3. The number of aryl methyl sites for hydroxylation is 7. The second-order valence-corrected chi connectivity index (χ2v) is 14.9. The van der Waals surface area contributed by atoms with Gasteiger partial charge in [0.2, 0.25) is 0 Å². The van der Waals surface area contributed by atoms with Gasteiger partial charge in [0.25, 0.3) is 0 Å². The van der Waals surface area contributed by atoms with Crippen LogP contribution in [0.4, 0.5) is 0 Å². The van der Waals surface area contributed by atoms with Gasteiger partial charge < -0.3 is 30.6 Å². The topological polar surface area (TPSA) is 260 Å². The first kappa shape index (κ1) is 70.0. The average molecular weight is 1040 g/mol. The first-order valence-electron chi connectivity index (χ1n) is 22.5. The number of hydrogen-bond acceptors (Lipinski definition) is 21. The molecule has 20 nitrogen and oxygen atoms in total. The molecule has 1 fully saturated rings. The van der Waals surface area contributed by atoms with Gasteiger partial charge in [-0.25, -0.2) is 19.9 Å². The fraction of sp³-hybridized carbons (Fsp3) is 0.353. The van der Waals surface area contributed by atoms with E-state index in [9.17, 15) is 0 Å². The second-order valence-electron chi connectivity index (χ2n) is 13.5. The highest BCUT2D eigenvalue weighted by Crippen LogP contribution is 2.38. The lowest BCUT2D eigenvalue weighted by molar-refractivity contribution is 0.155. The van der Waals surface area contributed by atoms with E-state index in [2.05, 4.69) is 110 Å². The molecular weight excluding hydrogens is 965 g/mol. The third-order valence-corrected chi connectivity index (χ3v) is 8.78. The molecule has 1 aliphatic rings. The lowest BCUT2D eigenvalue weighted by Gasteiger charge is -1.91. The largest absolute Gasteiger partial charge is 0.400 e. The lowest BCUT2D eigenvalue weighted by atomic mass is 10.3. The molecule has 398 valence electrons. The Hall–Kier alpha value is -7.21. The molecule has 9 rings (SSSR count). The maximum atomic E-state index is 4.92. The van der Waals surface area contributed by atoms with E-state index in [1.807, 2.05) is 125 Å². The summed E-state index contributed by atoms with van der Waals surface area (Å²) in [5, 5.41) is 14.1. The van der Waals surface area contributed by atoms with E-state index in [0.29, 0.717) is 20.1 Å². The van der Waals surface area contributed by atoms with Gasteiger partial charge in [0.05, 0.1) is 30.2 Å². The van der Waals surface area contributed by atoms with E-state index < -0.39 is 0 Å². The highest BCUT2D eigenvalue weighted by molar-refractivity contribution is 7.07. The quantitative estimate of drug-likeness (QED) is 0.0855. The number of methoxy groups -OCH3 is 1. The van der Waals surface area contributed by atoms with Gasteiger partial charge in [-0.3, -0.25) is 34.6 Å². The monoisotopic (exact) mass is 1040 g/mol. The van der Waals surface area contributed by atoms with Crippen molar-refractivity contribution >= 4 is 36.1 Å². The minimum Gasteiger partial charge on any atom is -0.400 e. The Morgan fingerprint density at radius 1 is 0.603 bits per heavy atom. The van der Waals surface area contributed by atoms with Crippen molar-refractivity contribution in [3.63, 3.8) is 0 Å². The summed E-state index contributed by atoms with van der Waals surface area (Å²) in [5.74, 6) is 0.797. The summed E-state index contributed by atoms with van der Waals surface area (Å²) in [6.07, 6.45) is 23.1. The van der Waals surface area contributed by atoms with Crippen LogP contribution < -0.4 is 11.5 Å². The molecule has 4 N–H and O–H groups in total. The van der Waals surface area contributed by atoms with Crippen molar-refractivity contribution in [1.29, 1.82) is 0 Å². The first-order chi connectivity index (χ1) is 35.4. The smallest absolute Gasteiger partial charge is 0.115 e. The summed E-state index contributed by atoms with van der Waals surface area (Å²) in [5.41, 5.74) is 21.2. The number of thiazole rings is 2. The zero-order valence-electron chi connectivity index (χ0n) is 44.5. The van der Waals surface area contributed by atoms with Crippen molar-refractivity contribution in [3.8, 4) is 0 Å². The van der Waals surface area contributed by atoms with E-state index in [4.69, 9.17) is 11.5 Å². The summed E-state index contributed by atoms with van der Waals surface area (Å²) in [6, 6.07) is 15.7. The molecule has 22 heteroatoms. The Balaban J connectivity index is -0.000000738. The van der Waals surface area contributed by atoms with Gasteiger partial charge >= 0.3 is 0 Å². The van der Waals surface area contributed by atoms with Crippen molar-refractivity contribution in [2.24, 2.45) is 28.8 Å². The zero-order chi connectivity index (χ0) is 54.8. The van der Waals surface area contributed by atoms with E-state index in [0.717, 1.165) is 40.9 Å². The second kappa shape index (κ2) is 55.7. The van der Waals surface area contributed by atoms with Crippen LogP contribution in [-0.2, 0) is 26.2 Å². The molecule has 0 bridgehead atoms. The summed E-state index contributed by atoms with van der Waals surface area (Å²) in [7, 11) is 4.93. The molecular formula is C51H78N16O4S2. The van der Waals surface area contributed by atoms with E-state index in [1.165, 1.54) is 44.0 Å². The summed E-state index contributed by atoms with van der Waals surface area (Å²) in [6.45, 7) is 23.7. The molecule has 1 aliphatic carbocycles. The molecule has 1 saturated carbocycles. The first-order valence-corrected chi connectivity index (χ1v) is 24.4. The van der Waals surface area contributed by atoms with Crippen LogP contribution in [0.2, 0.25) is 0 Å². The predicted octanol–water partition coefficient (Wildman–Crippen LogP) is 9.40. The number of hydrogen-bond donors (Lipinski definition) is 2. The highest BCUT2D eigenvalue weighted by Gasteiger charge is 2.23. The Morgan fingerprint density at radius 2 is 1.16 bits per heavy atom. The summed E-state index contributed by atoms with van der Waals surface area (Å²) < 4.78 is 10.8. The molecule has 8 heterocycles. The van der Waals surface area contributed by atoms with Gasteiger partial charge in [0.1, 0.15) is 26.4 Å². The zero-order valence-corrected chi connectivity index (χ0v) is 46.1. The predicted molar refractivity (Wildman–Crippen MR) is 297 cm³/mol. The van der Waals surface area contributed by atoms with Crippen LogP contribution in [0, 0.1) is 41.5 Å². The molecule has 8 aromatic rings. The number of oxime groups is 2. The Labute approximate surface area is 441 Å². The van der Waals surface area contributed by atoms with Gasteiger partial charge in [-0.05, 0) is 110 Å². The maximum Gasteiger partial charge on any atom is 0.115 e. The number of rotatable bonds is 7. The van der Waals surface area contributed by atoms with Crippen LogP contribution in [0.3, 0.4) is 0 Å². The maximum absolute atomic E-state index is 4.92. The third kappa shape index (κ3) is 55.6. The summed E-state index contributed by atoms with van der Waals surface area (Å²) >= 11 is 3.26. The molecule has 0 amide bonds. The Kier molecular flexibility index (Phi) is 53.5. The number of ether oxygens (including phenoxy) is 2. The van der Waals surface area contributed by atoms with Crippen molar-refractivity contribution in [2.45, 2.75) is 74.1 Å². The summed E-state index contributed by atoms with van der Waals surface area (Å²) in [4.78, 5) is 47.1. The van der Waals surface area contributed by atoms with Crippen molar-refractivity contribution < 1.29 is 19.1 Å². The van der Waals surface area contributed by atoms with Crippen LogP contribution in [-0.4, -0.2) is 114 Å². The fourth-order valence-corrected chi connectivity index (χ4v) is 4.73. The van der Waals surface area contributed by atoms with Gasteiger partial charge in [-0.15, -0.1) is 33.0 Å². The van der Waals surface area contributed by atoms with Crippen molar-refractivity contribution in [2.75, 3.05) is 40.9 Å². The van der Waals surface area contributed by atoms with E-state index in [1.54, 1.807) is 91.6 Å². The molecule has 8 aromatic heterocycles. The van der Waals surface area contributed by atoms with Crippen LogP contribution in [0.5, 0.6) is 0 Å². The van der Waals surface area contributed by atoms with Gasteiger partial charge in [-0.2, -0.15) is 5.10 Å². The third-order valence-electron chi connectivity index (χ3n) is 7.37. The minimum absolute atomic E-state index is 0.319. The van der Waals surface area contributed by atoms with Crippen LogP contribution in [0.25, 0.3) is 0 Å². The number of nitrogens with zero attached hydrogens (tertiary/aromatic N) is 14. The van der Waals surface area contributed by atoms with Crippen LogP contribution in [0.1, 0.15) is 72.3 Å². The molecule has 0 aliphatic heterocycles.